The van der Waals surface area contributed by atoms with Crippen LogP contribution in [0.4, 0.5) is 11.4 Å². The Hall–Kier alpha value is -1.20. The molecule has 0 spiro atoms. The van der Waals surface area contributed by atoms with Crippen LogP contribution in [0, 0.1) is 0 Å². The first kappa shape index (κ1) is 12.9. The molecule has 0 heterocycles. The van der Waals surface area contributed by atoms with Gasteiger partial charge in [-0.3, -0.25) is 0 Å². The van der Waals surface area contributed by atoms with Gasteiger partial charge in [0.15, 0.2) is 0 Å². The van der Waals surface area contributed by atoms with Gasteiger partial charge in [-0.1, -0.05) is 0 Å². The standard InChI is InChI=1S/C11H18N4S/c1-14-10-4-3-9(5-8(10)6-12)15-11(13)7-16-2/h3-5,14H,6-7,12H2,1-2H3,(H2,13,15). The maximum atomic E-state index is 5.76. The molecule has 0 unspecified atom stereocenters. The molecule has 5 N–H and O–H groups in total. The Bertz CT molecular complexity index is 376. The van der Waals surface area contributed by atoms with Crippen LogP contribution < -0.4 is 16.8 Å². The minimum atomic E-state index is 0.488. The van der Waals surface area contributed by atoms with Gasteiger partial charge in [0, 0.05) is 19.3 Å². The summed E-state index contributed by atoms with van der Waals surface area (Å²) >= 11 is 1.65. The summed E-state index contributed by atoms with van der Waals surface area (Å²) in [5, 5.41) is 3.09. The smallest absolute Gasteiger partial charge is 0.110 e. The van der Waals surface area contributed by atoms with Gasteiger partial charge in [-0.25, -0.2) is 4.99 Å². The van der Waals surface area contributed by atoms with Crippen LogP contribution in [-0.2, 0) is 6.54 Å². The zero-order valence-electron chi connectivity index (χ0n) is 9.66. The van der Waals surface area contributed by atoms with Crippen LogP contribution in [0.25, 0.3) is 0 Å². The number of nitrogens with two attached hydrogens (primary N) is 2. The van der Waals surface area contributed by atoms with E-state index in [1.54, 1.807) is 11.8 Å². The second-order valence-corrected chi connectivity index (χ2v) is 4.20. The molecule has 1 rings (SSSR count). The lowest BCUT2D eigenvalue weighted by Crippen LogP contribution is -2.13. The average Bonchev–Trinajstić information content (AvgIpc) is 2.29. The Labute approximate surface area is 101 Å². The first-order valence-corrected chi connectivity index (χ1v) is 6.43. The normalized spacial score (nSPS) is 11.6. The lowest BCUT2D eigenvalue weighted by molar-refractivity contribution is 1.07. The predicted octanol–water partition coefficient (Wildman–Crippen LogP) is 1.54. The molecule has 0 aliphatic heterocycles. The molecule has 0 aliphatic rings. The maximum absolute atomic E-state index is 5.76. The highest BCUT2D eigenvalue weighted by molar-refractivity contribution is 7.99. The van der Waals surface area contributed by atoms with Gasteiger partial charge >= 0.3 is 0 Å². The highest BCUT2D eigenvalue weighted by atomic mass is 32.2. The summed E-state index contributed by atoms with van der Waals surface area (Å²) in [6, 6.07) is 5.85. The molecular weight excluding hydrogens is 220 g/mol. The van der Waals surface area contributed by atoms with E-state index in [0.717, 1.165) is 22.7 Å². The lowest BCUT2D eigenvalue weighted by atomic mass is 10.1. The Morgan fingerprint density at radius 3 is 2.81 bits per heavy atom. The first-order valence-electron chi connectivity index (χ1n) is 5.04. The van der Waals surface area contributed by atoms with Crippen molar-refractivity contribution in [3.05, 3.63) is 23.8 Å². The highest BCUT2D eigenvalue weighted by Crippen LogP contribution is 2.21. The molecule has 1 aromatic carbocycles. The molecule has 0 atom stereocenters. The summed E-state index contributed by atoms with van der Waals surface area (Å²) < 4.78 is 0. The molecule has 0 fully saturated rings. The number of nitrogens with zero attached hydrogens (tertiary/aromatic N) is 1. The minimum Gasteiger partial charge on any atom is -0.388 e. The van der Waals surface area contributed by atoms with Gasteiger partial charge in [-0.05, 0) is 30.0 Å². The second kappa shape index (κ2) is 6.40. The number of hydrogen-bond donors (Lipinski definition) is 3. The number of benzene rings is 1. The van der Waals surface area contributed by atoms with Gasteiger partial charge < -0.3 is 16.8 Å². The maximum Gasteiger partial charge on any atom is 0.110 e. The summed E-state index contributed by atoms with van der Waals surface area (Å²) in [5.41, 5.74) is 14.3. The first-order chi connectivity index (χ1) is 7.71. The fraction of sp³-hybridized carbons (Fsp3) is 0.364. The van der Waals surface area contributed by atoms with Crippen molar-refractivity contribution in [2.45, 2.75) is 6.54 Å². The summed E-state index contributed by atoms with van der Waals surface area (Å²) in [6.45, 7) is 0.488. The average molecular weight is 238 g/mol. The zero-order chi connectivity index (χ0) is 12.0. The Morgan fingerprint density at radius 2 is 2.25 bits per heavy atom. The van der Waals surface area contributed by atoms with Crippen molar-refractivity contribution < 1.29 is 0 Å². The Kier molecular flexibility index (Phi) is 5.14. The predicted molar refractivity (Wildman–Crippen MR) is 73.5 cm³/mol. The van der Waals surface area contributed by atoms with Gasteiger partial charge in [-0.15, -0.1) is 0 Å². The van der Waals surface area contributed by atoms with E-state index >= 15 is 0 Å². The SMILES string of the molecule is CNc1ccc(N=C(N)CSC)cc1CN. The van der Waals surface area contributed by atoms with E-state index in [1.807, 2.05) is 31.5 Å². The van der Waals surface area contributed by atoms with E-state index in [2.05, 4.69) is 10.3 Å². The van der Waals surface area contributed by atoms with E-state index in [4.69, 9.17) is 11.5 Å². The molecule has 0 aromatic heterocycles. The number of rotatable bonds is 5. The minimum absolute atomic E-state index is 0.488. The van der Waals surface area contributed by atoms with Crippen molar-refractivity contribution in [3.8, 4) is 0 Å². The molecule has 0 bridgehead atoms. The molecule has 0 radical (unpaired) electrons. The number of amidine groups is 1. The van der Waals surface area contributed by atoms with Crippen molar-refractivity contribution >= 4 is 29.0 Å². The number of aliphatic imine (C=N–C) groups is 1. The van der Waals surface area contributed by atoms with Crippen molar-refractivity contribution in [3.63, 3.8) is 0 Å². The summed E-state index contributed by atoms with van der Waals surface area (Å²) in [4.78, 5) is 4.32. The van der Waals surface area contributed by atoms with E-state index in [-0.39, 0.29) is 0 Å². The van der Waals surface area contributed by atoms with Crippen molar-refractivity contribution in [2.75, 3.05) is 24.4 Å². The quantitative estimate of drug-likeness (QED) is 0.537. The molecular formula is C11H18N4S. The summed E-state index contributed by atoms with van der Waals surface area (Å²) in [5.74, 6) is 1.37. The Balaban J connectivity index is 2.94. The van der Waals surface area contributed by atoms with E-state index in [1.165, 1.54) is 0 Å². The van der Waals surface area contributed by atoms with Crippen molar-refractivity contribution in [1.29, 1.82) is 0 Å². The van der Waals surface area contributed by atoms with Crippen molar-refractivity contribution in [1.82, 2.24) is 0 Å². The highest BCUT2D eigenvalue weighted by Gasteiger charge is 2.01. The summed E-state index contributed by atoms with van der Waals surface area (Å²) in [6.07, 6.45) is 2.00. The van der Waals surface area contributed by atoms with Crippen molar-refractivity contribution in [2.24, 2.45) is 16.5 Å². The topological polar surface area (TPSA) is 76.4 Å². The van der Waals surface area contributed by atoms with E-state index in [0.29, 0.717) is 12.4 Å². The number of thioether (sulfide) groups is 1. The molecule has 5 heteroatoms. The van der Waals surface area contributed by atoms with Crippen LogP contribution in [0.1, 0.15) is 5.56 Å². The van der Waals surface area contributed by atoms with Crippen LogP contribution in [0.3, 0.4) is 0 Å². The molecule has 16 heavy (non-hydrogen) atoms. The molecule has 0 amide bonds. The van der Waals surface area contributed by atoms with E-state index in [9.17, 15) is 0 Å². The van der Waals surface area contributed by atoms with Crippen LogP contribution in [-0.4, -0.2) is 24.9 Å². The Morgan fingerprint density at radius 1 is 1.50 bits per heavy atom. The van der Waals surface area contributed by atoms with Crippen LogP contribution in [0.5, 0.6) is 0 Å². The number of nitrogens with one attached hydrogen (secondary N) is 1. The summed E-state index contributed by atoms with van der Waals surface area (Å²) in [7, 11) is 1.87. The van der Waals surface area contributed by atoms with Crippen LogP contribution in [0.2, 0.25) is 0 Å². The van der Waals surface area contributed by atoms with E-state index < -0.39 is 0 Å². The van der Waals surface area contributed by atoms with Crippen LogP contribution in [0.15, 0.2) is 23.2 Å². The van der Waals surface area contributed by atoms with Gasteiger partial charge in [0.1, 0.15) is 5.84 Å². The largest absolute Gasteiger partial charge is 0.388 e. The monoisotopic (exact) mass is 238 g/mol. The molecule has 0 saturated carbocycles. The third kappa shape index (κ3) is 3.43. The number of hydrogen-bond acceptors (Lipinski definition) is 4. The lowest BCUT2D eigenvalue weighted by Gasteiger charge is -2.08. The van der Waals surface area contributed by atoms with Gasteiger partial charge in [0.2, 0.25) is 0 Å². The fourth-order valence-electron chi connectivity index (χ4n) is 1.41. The zero-order valence-corrected chi connectivity index (χ0v) is 10.5. The molecule has 4 nitrogen and oxygen atoms in total. The molecule has 1 aromatic rings. The van der Waals surface area contributed by atoms with Crippen LogP contribution >= 0.6 is 11.8 Å². The van der Waals surface area contributed by atoms with Gasteiger partial charge in [0.05, 0.1) is 11.4 Å². The third-order valence-electron chi connectivity index (χ3n) is 2.14. The third-order valence-corrected chi connectivity index (χ3v) is 2.73. The molecule has 0 aliphatic carbocycles. The van der Waals surface area contributed by atoms with Gasteiger partial charge in [0.25, 0.3) is 0 Å². The molecule has 0 saturated heterocycles. The van der Waals surface area contributed by atoms with Gasteiger partial charge in [-0.2, -0.15) is 11.8 Å². The second-order valence-electron chi connectivity index (χ2n) is 3.33. The number of anilines is 1. The fourth-order valence-corrected chi connectivity index (χ4v) is 1.77. The molecule has 88 valence electrons.